The molecule has 0 radical (unpaired) electrons. The minimum absolute atomic E-state index is 0.0564. The van der Waals surface area contributed by atoms with Gasteiger partial charge in [-0.1, -0.05) is 54.1 Å². The summed E-state index contributed by atoms with van der Waals surface area (Å²) in [4.78, 5) is 28.3. The number of aliphatic carboxylic acids is 1. The molecule has 0 unspecified atom stereocenters. The quantitative estimate of drug-likeness (QED) is 0.658. The number of rotatable bonds is 7. The highest BCUT2D eigenvalue weighted by atomic mass is 32.1. The van der Waals surface area contributed by atoms with Crippen molar-refractivity contribution in [3.8, 4) is 10.6 Å². The van der Waals surface area contributed by atoms with Crippen LogP contribution in [-0.4, -0.2) is 28.0 Å². The van der Waals surface area contributed by atoms with E-state index in [-0.39, 0.29) is 18.7 Å². The molecular formula is C21H20N2O3S. The van der Waals surface area contributed by atoms with Crippen molar-refractivity contribution in [1.29, 1.82) is 0 Å². The Balaban J connectivity index is 1.63. The van der Waals surface area contributed by atoms with Gasteiger partial charge in [0.2, 0.25) is 5.91 Å². The van der Waals surface area contributed by atoms with Crippen LogP contribution in [0.2, 0.25) is 0 Å². The summed E-state index contributed by atoms with van der Waals surface area (Å²) in [5.74, 6) is -1.40. The third-order valence-corrected chi connectivity index (χ3v) is 5.01. The fraction of sp³-hybridized carbons (Fsp3) is 0.190. The number of hydrogen-bond acceptors (Lipinski definition) is 4. The van der Waals surface area contributed by atoms with Gasteiger partial charge in [0.25, 0.3) is 0 Å². The van der Waals surface area contributed by atoms with E-state index < -0.39 is 12.0 Å². The van der Waals surface area contributed by atoms with Gasteiger partial charge in [0.05, 0.1) is 12.1 Å². The molecule has 138 valence electrons. The van der Waals surface area contributed by atoms with Gasteiger partial charge in [-0.25, -0.2) is 9.78 Å². The van der Waals surface area contributed by atoms with Crippen LogP contribution in [0, 0.1) is 6.92 Å². The predicted octanol–water partition coefficient (Wildman–Crippen LogP) is 3.47. The number of nitrogens with one attached hydrogen (secondary N) is 1. The summed E-state index contributed by atoms with van der Waals surface area (Å²) in [6, 6.07) is 16.3. The predicted molar refractivity (Wildman–Crippen MR) is 106 cm³/mol. The molecule has 0 aliphatic rings. The number of nitrogens with zero attached hydrogens (tertiary/aromatic N) is 1. The Morgan fingerprint density at radius 1 is 1.15 bits per heavy atom. The van der Waals surface area contributed by atoms with Crippen LogP contribution in [0.15, 0.2) is 60.0 Å². The molecule has 0 saturated heterocycles. The fourth-order valence-electron chi connectivity index (χ4n) is 2.76. The van der Waals surface area contributed by atoms with Crippen molar-refractivity contribution in [2.75, 3.05) is 0 Å². The number of carbonyl (C=O) groups is 2. The van der Waals surface area contributed by atoms with Gasteiger partial charge < -0.3 is 10.4 Å². The lowest BCUT2D eigenvalue weighted by atomic mass is 10.1. The molecule has 0 fully saturated rings. The molecule has 1 amide bonds. The Morgan fingerprint density at radius 3 is 2.63 bits per heavy atom. The number of aromatic nitrogens is 1. The number of amides is 1. The maximum Gasteiger partial charge on any atom is 0.326 e. The van der Waals surface area contributed by atoms with Gasteiger partial charge in [0.1, 0.15) is 11.0 Å². The Bertz CT molecular complexity index is 937. The first-order valence-corrected chi connectivity index (χ1v) is 9.47. The van der Waals surface area contributed by atoms with Crippen LogP contribution < -0.4 is 5.32 Å². The Hall–Kier alpha value is -2.99. The summed E-state index contributed by atoms with van der Waals surface area (Å²) >= 11 is 1.47. The molecule has 0 aliphatic heterocycles. The molecule has 1 heterocycles. The number of carboxylic acid groups (broad SMARTS) is 1. The van der Waals surface area contributed by atoms with Crippen LogP contribution in [0.1, 0.15) is 16.8 Å². The van der Waals surface area contributed by atoms with Gasteiger partial charge in [0.15, 0.2) is 0 Å². The smallest absolute Gasteiger partial charge is 0.326 e. The molecule has 2 aromatic carbocycles. The van der Waals surface area contributed by atoms with E-state index in [1.54, 1.807) is 0 Å². The average Bonchev–Trinajstić information content (AvgIpc) is 3.10. The average molecular weight is 380 g/mol. The van der Waals surface area contributed by atoms with E-state index in [0.29, 0.717) is 5.69 Å². The first-order chi connectivity index (χ1) is 13.0. The van der Waals surface area contributed by atoms with Crippen molar-refractivity contribution >= 4 is 23.2 Å². The molecule has 0 saturated carbocycles. The lowest BCUT2D eigenvalue weighted by molar-refractivity contribution is -0.141. The van der Waals surface area contributed by atoms with Gasteiger partial charge in [-0.05, 0) is 18.6 Å². The highest BCUT2D eigenvalue weighted by Gasteiger charge is 2.21. The zero-order chi connectivity index (χ0) is 19.2. The molecule has 0 spiro atoms. The summed E-state index contributed by atoms with van der Waals surface area (Å²) < 4.78 is 0. The van der Waals surface area contributed by atoms with Gasteiger partial charge in [-0.15, -0.1) is 11.3 Å². The largest absolute Gasteiger partial charge is 0.480 e. The van der Waals surface area contributed by atoms with Gasteiger partial charge in [0, 0.05) is 17.4 Å². The number of carboxylic acids is 1. The number of carbonyl (C=O) groups excluding carboxylic acids is 1. The minimum Gasteiger partial charge on any atom is -0.480 e. The Kier molecular flexibility index (Phi) is 5.98. The normalized spacial score (nSPS) is 11.7. The van der Waals surface area contributed by atoms with E-state index >= 15 is 0 Å². The van der Waals surface area contributed by atoms with Crippen LogP contribution in [0.25, 0.3) is 10.6 Å². The summed E-state index contributed by atoms with van der Waals surface area (Å²) in [7, 11) is 0. The van der Waals surface area contributed by atoms with Crippen molar-refractivity contribution in [3.05, 3.63) is 76.8 Å². The Morgan fingerprint density at radius 2 is 1.93 bits per heavy atom. The molecule has 0 bridgehead atoms. The van der Waals surface area contributed by atoms with Gasteiger partial charge in [-0.2, -0.15) is 0 Å². The molecule has 6 heteroatoms. The standard InChI is InChI=1S/C21H20N2O3S/c1-14-6-5-9-16(10-14)20-22-17(13-27-20)12-19(24)23-18(21(25)26)11-15-7-3-2-4-8-15/h2-10,13,18H,11-12H2,1H3,(H,23,24)(H,25,26)/t18-/m0/s1. The number of thiazole rings is 1. The molecule has 2 N–H and O–H groups in total. The molecule has 3 aromatic rings. The molecule has 5 nitrogen and oxygen atoms in total. The minimum atomic E-state index is -1.05. The summed E-state index contributed by atoms with van der Waals surface area (Å²) in [6.45, 7) is 2.02. The van der Waals surface area contributed by atoms with E-state index in [1.807, 2.05) is 66.9 Å². The van der Waals surface area contributed by atoms with Crippen molar-refractivity contribution in [2.45, 2.75) is 25.8 Å². The number of aryl methyl sites for hydroxylation is 1. The fourth-order valence-corrected chi connectivity index (χ4v) is 3.58. The highest BCUT2D eigenvalue weighted by molar-refractivity contribution is 7.13. The van der Waals surface area contributed by atoms with E-state index in [2.05, 4.69) is 10.3 Å². The summed E-state index contributed by atoms with van der Waals surface area (Å²) in [6.07, 6.45) is 0.300. The second-order valence-electron chi connectivity index (χ2n) is 6.34. The molecule has 1 aromatic heterocycles. The maximum atomic E-state index is 12.3. The van der Waals surface area contributed by atoms with E-state index in [0.717, 1.165) is 21.7 Å². The van der Waals surface area contributed by atoms with Crippen LogP contribution in [0.5, 0.6) is 0 Å². The van der Waals surface area contributed by atoms with Crippen LogP contribution in [0.4, 0.5) is 0 Å². The number of benzene rings is 2. The SMILES string of the molecule is Cc1cccc(-c2nc(CC(=O)N[C@@H](Cc3ccccc3)C(=O)O)cs2)c1. The lowest BCUT2D eigenvalue weighted by Gasteiger charge is -2.14. The molecular weight excluding hydrogens is 360 g/mol. The van der Waals surface area contributed by atoms with E-state index in [4.69, 9.17) is 0 Å². The second kappa shape index (κ2) is 8.60. The number of hydrogen-bond donors (Lipinski definition) is 2. The molecule has 0 aliphatic carbocycles. The van der Waals surface area contributed by atoms with Crippen molar-refractivity contribution in [1.82, 2.24) is 10.3 Å². The third kappa shape index (κ3) is 5.24. The summed E-state index contributed by atoms with van der Waals surface area (Å²) in [5, 5.41) is 14.7. The monoisotopic (exact) mass is 380 g/mol. The molecule has 1 atom stereocenters. The lowest BCUT2D eigenvalue weighted by Crippen LogP contribution is -2.43. The van der Waals surface area contributed by atoms with E-state index in [1.165, 1.54) is 11.3 Å². The maximum absolute atomic E-state index is 12.3. The first kappa shape index (κ1) is 18.8. The third-order valence-electron chi connectivity index (χ3n) is 4.07. The van der Waals surface area contributed by atoms with E-state index in [9.17, 15) is 14.7 Å². The Labute approximate surface area is 161 Å². The highest BCUT2D eigenvalue weighted by Crippen LogP contribution is 2.24. The second-order valence-corrected chi connectivity index (χ2v) is 7.20. The zero-order valence-corrected chi connectivity index (χ0v) is 15.7. The van der Waals surface area contributed by atoms with Crippen molar-refractivity contribution in [3.63, 3.8) is 0 Å². The van der Waals surface area contributed by atoms with Gasteiger partial charge in [-0.3, -0.25) is 4.79 Å². The molecule has 3 rings (SSSR count). The van der Waals surface area contributed by atoms with Crippen LogP contribution in [0.3, 0.4) is 0 Å². The van der Waals surface area contributed by atoms with Crippen LogP contribution in [-0.2, 0) is 22.4 Å². The van der Waals surface area contributed by atoms with Crippen LogP contribution >= 0.6 is 11.3 Å². The van der Waals surface area contributed by atoms with Crippen molar-refractivity contribution < 1.29 is 14.7 Å². The summed E-state index contributed by atoms with van der Waals surface area (Å²) in [5.41, 5.74) is 3.66. The van der Waals surface area contributed by atoms with Gasteiger partial charge >= 0.3 is 5.97 Å². The topological polar surface area (TPSA) is 79.3 Å². The van der Waals surface area contributed by atoms with Crippen molar-refractivity contribution in [2.24, 2.45) is 0 Å². The molecule has 27 heavy (non-hydrogen) atoms. The first-order valence-electron chi connectivity index (χ1n) is 8.59. The zero-order valence-electron chi connectivity index (χ0n) is 14.9.